The van der Waals surface area contributed by atoms with E-state index >= 15 is 0 Å². The number of rotatable bonds is 4. The molecule has 128 valence electrons. The molecule has 1 aromatic heterocycles. The van der Waals surface area contributed by atoms with Crippen LogP contribution in [0.5, 0.6) is 0 Å². The van der Waals surface area contributed by atoms with Gasteiger partial charge in [-0.25, -0.2) is 0 Å². The zero-order chi connectivity index (χ0) is 18.0. The van der Waals surface area contributed by atoms with Crippen LogP contribution in [0.1, 0.15) is 16.7 Å². The molecule has 0 saturated carbocycles. The first-order valence-corrected chi connectivity index (χ1v) is 7.34. The van der Waals surface area contributed by atoms with Gasteiger partial charge in [0.1, 0.15) is 0 Å². The first kappa shape index (κ1) is 16.7. The van der Waals surface area contributed by atoms with Crippen LogP contribution in [0.2, 0.25) is 0 Å². The van der Waals surface area contributed by atoms with Gasteiger partial charge in [-0.1, -0.05) is 17.4 Å². The van der Waals surface area contributed by atoms with Crippen LogP contribution in [0.3, 0.4) is 0 Å². The van der Waals surface area contributed by atoms with Gasteiger partial charge in [0.2, 0.25) is 0 Å². The van der Waals surface area contributed by atoms with Crippen molar-refractivity contribution in [3.8, 4) is 0 Å². The van der Waals surface area contributed by atoms with Gasteiger partial charge in [0.15, 0.2) is 5.84 Å². The van der Waals surface area contributed by atoms with Crippen molar-refractivity contribution in [1.82, 2.24) is 4.57 Å². The van der Waals surface area contributed by atoms with Crippen molar-refractivity contribution in [2.75, 3.05) is 0 Å². The van der Waals surface area contributed by atoms with Crippen LogP contribution in [0, 0.1) is 5.53 Å². The van der Waals surface area contributed by atoms with E-state index in [-0.39, 0.29) is 5.84 Å². The Morgan fingerprint density at radius 2 is 1.80 bits per heavy atom. The quantitative estimate of drug-likeness (QED) is 0.313. The Balaban J connectivity index is 1.87. The molecular formula is C17H14F3N5. The summed E-state index contributed by atoms with van der Waals surface area (Å²) in [6.07, 6.45) is -2.48. The minimum absolute atomic E-state index is 0.146. The largest absolute Gasteiger partial charge is 0.416 e. The minimum atomic E-state index is -4.33. The standard InChI is InChI=1S/C17H14F3N5/c18-17(19,20)14-4-1-11(2-5-14)10-25-8-7-12-9-13(3-6-15(12)25)16(21)23-24-22/h1-9H,10H2,(H3,21,22,23). The van der Waals surface area contributed by atoms with Gasteiger partial charge in [0.05, 0.1) is 5.56 Å². The number of alkyl halides is 3. The molecule has 3 N–H and O–H groups in total. The first-order chi connectivity index (χ1) is 11.9. The highest BCUT2D eigenvalue weighted by molar-refractivity contribution is 6.00. The molecule has 0 unspecified atom stereocenters. The van der Waals surface area contributed by atoms with Gasteiger partial charge in [0, 0.05) is 29.2 Å². The molecule has 0 amide bonds. The van der Waals surface area contributed by atoms with Gasteiger partial charge in [-0.3, -0.25) is 0 Å². The van der Waals surface area contributed by atoms with E-state index in [1.54, 1.807) is 6.07 Å². The second kappa shape index (κ2) is 6.39. The number of fused-ring (bicyclic) bond motifs is 1. The summed E-state index contributed by atoms with van der Waals surface area (Å²) in [6, 6.07) is 12.4. The van der Waals surface area contributed by atoms with Crippen LogP contribution >= 0.6 is 0 Å². The maximum Gasteiger partial charge on any atom is 0.416 e. The number of halogens is 3. The van der Waals surface area contributed by atoms with Crippen molar-refractivity contribution in [1.29, 1.82) is 5.53 Å². The molecule has 8 heteroatoms. The molecule has 2 aromatic carbocycles. The van der Waals surface area contributed by atoms with Gasteiger partial charge in [-0.15, -0.1) is 5.10 Å². The summed E-state index contributed by atoms with van der Waals surface area (Å²) in [4.78, 5) is 0. The van der Waals surface area contributed by atoms with E-state index in [1.165, 1.54) is 12.1 Å². The Bertz CT molecular complexity index is 939. The molecule has 0 fully saturated rings. The summed E-state index contributed by atoms with van der Waals surface area (Å²) < 4.78 is 39.8. The summed E-state index contributed by atoms with van der Waals surface area (Å²) in [5.74, 6) is 0.146. The highest BCUT2D eigenvalue weighted by atomic mass is 19.4. The van der Waals surface area contributed by atoms with E-state index < -0.39 is 11.7 Å². The molecule has 0 spiro atoms. The van der Waals surface area contributed by atoms with Gasteiger partial charge in [0.25, 0.3) is 0 Å². The topological polar surface area (TPSA) is 79.5 Å². The van der Waals surface area contributed by atoms with Gasteiger partial charge in [-0.05, 0) is 42.0 Å². The summed E-state index contributed by atoms with van der Waals surface area (Å²) >= 11 is 0. The SMILES string of the molecule is N=N/N=C(\N)c1ccc2c(ccn2Cc2ccc(C(F)(F)F)cc2)c1. The third-order valence-electron chi connectivity index (χ3n) is 3.86. The van der Waals surface area contributed by atoms with E-state index in [0.29, 0.717) is 12.1 Å². The summed E-state index contributed by atoms with van der Waals surface area (Å²) in [6.45, 7) is 0.451. The molecule has 5 nitrogen and oxygen atoms in total. The van der Waals surface area contributed by atoms with Crippen LogP contribution in [0.25, 0.3) is 10.9 Å². The number of nitrogens with one attached hydrogen (secondary N) is 1. The predicted octanol–water partition coefficient (Wildman–Crippen LogP) is 4.36. The maximum absolute atomic E-state index is 12.6. The van der Waals surface area contributed by atoms with Gasteiger partial charge < -0.3 is 10.3 Å². The Hall–Kier alpha value is -3.16. The minimum Gasteiger partial charge on any atom is -0.382 e. The van der Waals surface area contributed by atoms with E-state index in [9.17, 15) is 13.2 Å². The Morgan fingerprint density at radius 3 is 2.44 bits per heavy atom. The van der Waals surface area contributed by atoms with Crippen LogP contribution in [0.4, 0.5) is 13.2 Å². The van der Waals surface area contributed by atoms with E-state index in [1.807, 2.05) is 29.0 Å². The number of amidine groups is 1. The third-order valence-corrected chi connectivity index (χ3v) is 3.86. The molecule has 0 atom stereocenters. The van der Waals surface area contributed by atoms with E-state index in [0.717, 1.165) is 28.6 Å². The first-order valence-electron chi connectivity index (χ1n) is 7.34. The van der Waals surface area contributed by atoms with Gasteiger partial charge in [-0.2, -0.15) is 18.7 Å². The van der Waals surface area contributed by atoms with Crippen molar-refractivity contribution >= 4 is 16.7 Å². The van der Waals surface area contributed by atoms with Crippen LogP contribution < -0.4 is 5.73 Å². The van der Waals surface area contributed by atoms with Crippen molar-refractivity contribution in [2.45, 2.75) is 12.7 Å². The molecule has 0 radical (unpaired) electrons. The normalized spacial score (nSPS) is 12.5. The van der Waals surface area contributed by atoms with Crippen LogP contribution in [-0.2, 0) is 12.7 Å². The highest BCUT2D eigenvalue weighted by Crippen LogP contribution is 2.29. The third kappa shape index (κ3) is 3.52. The smallest absolute Gasteiger partial charge is 0.382 e. The predicted molar refractivity (Wildman–Crippen MR) is 88.4 cm³/mol. The van der Waals surface area contributed by atoms with Crippen molar-refractivity contribution in [3.05, 3.63) is 71.4 Å². The Morgan fingerprint density at radius 1 is 1.08 bits per heavy atom. The highest BCUT2D eigenvalue weighted by Gasteiger charge is 2.29. The summed E-state index contributed by atoms with van der Waals surface area (Å²) in [5.41, 5.74) is 14.1. The van der Waals surface area contributed by atoms with Crippen molar-refractivity contribution < 1.29 is 13.2 Å². The lowest BCUT2D eigenvalue weighted by molar-refractivity contribution is -0.137. The van der Waals surface area contributed by atoms with Crippen LogP contribution in [-0.4, -0.2) is 10.4 Å². The van der Waals surface area contributed by atoms with Gasteiger partial charge >= 0.3 is 6.18 Å². The zero-order valence-electron chi connectivity index (χ0n) is 13.0. The van der Waals surface area contributed by atoms with Crippen LogP contribution in [0.15, 0.2) is 65.1 Å². The maximum atomic E-state index is 12.6. The van der Waals surface area contributed by atoms with E-state index in [4.69, 9.17) is 11.3 Å². The summed E-state index contributed by atoms with van der Waals surface area (Å²) in [5, 5.41) is 7.31. The molecule has 25 heavy (non-hydrogen) atoms. The molecule has 0 bridgehead atoms. The second-order valence-corrected chi connectivity index (χ2v) is 5.50. The Labute approximate surface area is 141 Å². The van der Waals surface area contributed by atoms with Crippen molar-refractivity contribution in [2.24, 2.45) is 16.1 Å². The molecule has 0 saturated heterocycles. The monoisotopic (exact) mass is 345 g/mol. The van der Waals surface area contributed by atoms with Crippen molar-refractivity contribution in [3.63, 3.8) is 0 Å². The molecule has 0 aliphatic carbocycles. The number of hydrogen-bond donors (Lipinski definition) is 2. The molecule has 3 aromatic rings. The Kier molecular flexibility index (Phi) is 4.26. The van der Waals surface area contributed by atoms with E-state index in [2.05, 4.69) is 10.3 Å². The fourth-order valence-corrected chi connectivity index (χ4v) is 2.60. The lowest BCUT2D eigenvalue weighted by Gasteiger charge is -2.09. The number of nitrogens with two attached hydrogens (primary N) is 1. The fourth-order valence-electron chi connectivity index (χ4n) is 2.60. The number of hydrogen-bond acceptors (Lipinski definition) is 2. The molecule has 0 aliphatic heterocycles. The second-order valence-electron chi connectivity index (χ2n) is 5.50. The number of nitrogens with zero attached hydrogens (tertiary/aromatic N) is 3. The molecule has 1 heterocycles. The average molecular weight is 345 g/mol. The fraction of sp³-hybridized carbons (Fsp3) is 0.118. The molecular weight excluding hydrogens is 331 g/mol. The lowest BCUT2D eigenvalue weighted by atomic mass is 10.1. The summed E-state index contributed by atoms with van der Waals surface area (Å²) in [7, 11) is 0. The lowest BCUT2D eigenvalue weighted by Crippen LogP contribution is -2.12. The molecule has 0 aliphatic rings. The zero-order valence-corrected chi connectivity index (χ0v) is 13.0. The average Bonchev–Trinajstić information content (AvgIpc) is 2.97. The number of benzene rings is 2. The number of aromatic nitrogens is 1. The molecule has 3 rings (SSSR count).